The van der Waals surface area contributed by atoms with Crippen molar-refractivity contribution in [2.75, 3.05) is 0 Å². The van der Waals surface area contributed by atoms with Crippen molar-refractivity contribution in [2.45, 2.75) is 19.6 Å². The molecule has 0 saturated carbocycles. The van der Waals surface area contributed by atoms with Gasteiger partial charge in [-0.3, -0.25) is 0 Å². The average Bonchev–Trinajstić information content (AvgIpc) is 3.73. The average molecular weight is 643 g/mol. The molecule has 0 atom stereocenters. The number of nitrogens with zero attached hydrogens (tertiary/aromatic N) is 6. The fourth-order valence-corrected chi connectivity index (χ4v) is 6.86. The molecule has 0 saturated heterocycles. The Hall–Kier alpha value is -4.36. The maximum Gasteiger partial charge on any atom is 0.165 e. The Morgan fingerprint density at radius 3 is 1.93 bits per heavy atom. The molecule has 3 aromatic heterocycles. The molecule has 0 spiro atoms. The highest BCUT2D eigenvalue weighted by molar-refractivity contribution is 7.81. The van der Waals surface area contributed by atoms with Gasteiger partial charge in [-0.1, -0.05) is 24.3 Å². The normalized spacial score (nSPS) is 12.1. The summed E-state index contributed by atoms with van der Waals surface area (Å²) in [7, 11) is 0. The lowest BCUT2D eigenvalue weighted by Gasteiger charge is -2.01. The fourth-order valence-electron chi connectivity index (χ4n) is 5.83. The number of aromatic amines is 2. The van der Waals surface area contributed by atoms with Crippen molar-refractivity contribution in [1.29, 1.82) is 0 Å². The zero-order valence-electron chi connectivity index (χ0n) is 22.4. The molecule has 0 amide bonds. The second-order valence-electron chi connectivity index (χ2n) is 10.5. The number of H-pyrrole nitrogens is 2. The number of thiol groups is 4. The van der Waals surface area contributed by atoms with E-state index in [1.54, 1.807) is 0 Å². The third kappa shape index (κ3) is 3.91. The van der Waals surface area contributed by atoms with Crippen molar-refractivity contribution in [3.8, 4) is 45.6 Å². The first-order valence-corrected chi connectivity index (χ1v) is 15.3. The van der Waals surface area contributed by atoms with Gasteiger partial charge in [-0.25, -0.2) is 29.9 Å². The summed E-state index contributed by atoms with van der Waals surface area (Å²) >= 11 is 18.8. The molecule has 2 aliphatic heterocycles. The van der Waals surface area contributed by atoms with Gasteiger partial charge in [-0.15, -0.1) is 50.5 Å². The zero-order valence-corrected chi connectivity index (χ0v) is 26.0. The third-order valence-electron chi connectivity index (χ3n) is 7.81. The Balaban J connectivity index is 1.52. The highest BCUT2D eigenvalue weighted by Crippen LogP contribution is 2.40. The highest BCUT2D eigenvalue weighted by atomic mass is 32.1. The Morgan fingerprint density at radius 2 is 1.05 bits per heavy atom. The van der Waals surface area contributed by atoms with E-state index in [0.29, 0.717) is 45.9 Å². The van der Waals surface area contributed by atoms with Gasteiger partial charge in [0, 0.05) is 63.4 Å². The number of nitrogens with one attached hydrogen (secondary N) is 2. The first-order valence-electron chi connectivity index (χ1n) is 13.5. The van der Waals surface area contributed by atoms with Crippen LogP contribution >= 0.6 is 50.5 Å². The van der Waals surface area contributed by atoms with Crippen LogP contribution in [0.5, 0.6) is 0 Å². The molecule has 9 rings (SSSR count). The van der Waals surface area contributed by atoms with E-state index in [-0.39, 0.29) is 0 Å². The van der Waals surface area contributed by atoms with Gasteiger partial charge in [0.1, 0.15) is 22.6 Å². The molecule has 4 aromatic carbocycles. The number of hydrogen-bond donors (Lipinski definition) is 6. The lowest BCUT2D eigenvalue weighted by molar-refractivity contribution is 1.19. The predicted molar refractivity (Wildman–Crippen MR) is 185 cm³/mol. The van der Waals surface area contributed by atoms with E-state index in [1.807, 2.05) is 72.8 Å². The van der Waals surface area contributed by atoms with E-state index in [1.165, 1.54) is 0 Å². The minimum absolute atomic E-state index is 0.494. The Kier molecular flexibility index (Phi) is 5.67. The Labute approximate surface area is 271 Å². The van der Waals surface area contributed by atoms with Crippen LogP contribution in [0.25, 0.3) is 89.7 Å². The second-order valence-corrected chi connectivity index (χ2v) is 12.5. The first-order chi connectivity index (χ1) is 21.4. The van der Waals surface area contributed by atoms with Gasteiger partial charge < -0.3 is 9.97 Å². The predicted octanol–water partition coefficient (Wildman–Crippen LogP) is 8.02. The monoisotopic (exact) mass is 642 g/mol. The summed E-state index contributed by atoms with van der Waals surface area (Å²) in [6, 6.07) is 23.4. The molecule has 8 bridgehead atoms. The molecule has 2 N–H and O–H groups in total. The van der Waals surface area contributed by atoms with Gasteiger partial charge in [0.2, 0.25) is 0 Å². The fraction of sp³-hybridized carbons (Fsp3) is 0. The molecule has 0 fully saturated rings. The van der Waals surface area contributed by atoms with Crippen LogP contribution in [0, 0.1) is 0 Å². The van der Waals surface area contributed by atoms with Crippen LogP contribution in [-0.2, 0) is 0 Å². The van der Waals surface area contributed by atoms with E-state index in [0.717, 1.165) is 63.4 Å². The molecular formula is C32H18N8S4. The molecule has 210 valence electrons. The van der Waals surface area contributed by atoms with Gasteiger partial charge in [-0.05, 0) is 48.5 Å². The summed E-state index contributed by atoms with van der Waals surface area (Å²) < 4.78 is 0. The highest BCUT2D eigenvalue weighted by Gasteiger charge is 2.24. The van der Waals surface area contributed by atoms with E-state index >= 15 is 0 Å². The van der Waals surface area contributed by atoms with Crippen LogP contribution in [0.4, 0.5) is 0 Å². The largest absolute Gasteiger partial charge is 0.324 e. The van der Waals surface area contributed by atoms with E-state index in [4.69, 9.17) is 55.2 Å². The van der Waals surface area contributed by atoms with Crippen LogP contribution in [0.2, 0.25) is 0 Å². The molecule has 0 radical (unpaired) electrons. The minimum Gasteiger partial charge on any atom is -0.324 e. The van der Waals surface area contributed by atoms with Crippen molar-refractivity contribution in [3.63, 3.8) is 0 Å². The summed E-state index contributed by atoms with van der Waals surface area (Å²) in [5, 5.41) is 3.41. The third-order valence-corrected chi connectivity index (χ3v) is 9.11. The quantitative estimate of drug-likeness (QED) is 0.0936. The van der Waals surface area contributed by atoms with Crippen molar-refractivity contribution in [2.24, 2.45) is 0 Å². The number of rotatable bonds is 0. The van der Waals surface area contributed by atoms with Crippen molar-refractivity contribution >= 4 is 94.6 Å². The van der Waals surface area contributed by atoms with Crippen LogP contribution in [0.3, 0.4) is 0 Å². The van der Waals surface area contributed by atoms with Gasteiger partial charge in [0.05, 0.1) is 0 Å². The van der Waals surface area contributed by atoms with Crippen LogP contribution in [-0.4, -0.2) is 39.9 Å². The number of fused-ring (bicyclic) bond motifs is 20. The topological polar surface area (TPSA) is 109 Å². The van der Waals surface area contributed by atoms with Gasteiger partial charge >= 0.3 is 0 Å². The van der Waals surface area contributed by atoms with Gasteiger partial charge in [-0.2, -0.15) is 0 Å². The Morgan fingerprint density at radius 1 is 0.432 bits per heavy atom. The summed E-state index contributed by atoms with van der Waals surface area (Å²) in [5.41, 5.74) is 5.68. The van der Waals surface area contributed by atoms with Gasteiger partial charge in [0.25, 0.3) is 0 Å². The standard InChI is InChI=1S/C32H18N8S4/c41-13-7-9-15-19(11-13)30-34-25(15)33-29-20-12-14(42)8-10-16(20)26(35-29)37-31-24-18(4-2-6-22(24)44)28(39-31)40-32-23-17(27(36-30)38-32)3-1-5-21(23)43/h1-12,41-44H,(H2,33,34,35,36,37,38,39,40). The smallest absolute Gasteiger partial charge is 0.165 e. The summed E-state index contributed by atoms with van der Waals surface area (Å²) in [6.07, 6.45) is 0. The van der Waals surface area contributed by atoms with Gasteiger partial charge in [0.15, 0.2) is 23.3 Å². The number of benzene rings is 4. The molecule has 0 unspecified atom stereocenters. The number of hydrogen-bond acceptors (Lipinski definition) is 10. The second kappa shape index (κ2) is 9.57. The molecular weight excluding hydrogens is 625 g/mol. The summed E-state index contributed by atoms with van der Waals surface area (Å²) in [6.45, 7) is 0. The molecule has 12 heteroatoms. The van der Waals surface area contributed by atoms with Crippen molar-refractivity contribution < 1.29 is 0 Å². The molecule has 7 aromatic rings. The maximum atomic E-state index is 5.04. The molecule has 0 aliphatic carbocycles. The summed E-state index contributed by atoms with van der Waals surface area (Å²) in [4.78, 5) is 39.9. The van der Waals surface area contributed by atoms with E-state index in [9.17, 15) is 0 Å². The summed E-state index contributed by atoms with van der Waals surface area (Å²) in [5.74, 6) is 2.03. The lowest BCUT2D eigenvalue weighted by atomic mass is 10.1. The van der Waals surface area contributed by atoms with Crippen LogP contribution in [0.1, 0.15) is 0 Å². The van der Waals surface area contributed by atoms with Crippen LogP contribution < -0.4 is 0 Å². The van der Waals surface area contributed by atoms with E-state index in [2.05, 4.69) is 35.2 Å². The molecule has 5 heterocycles. The zero-order chi connectivity index (χ0) is 29.7. The maximum absolute atomic E-state index is 5.04. The van der Waals surface area contributed by atoms with Crippen molar-refractivity contribution in [1.82, 2.24) is 39.9 Å². The molecule has 2 aliphatic rings. The first kappa shape index (κ1) is 26.1. The minimum atomic E-state index is 0.494. The molecule has 8 nitrogen and oxygen atoms in total. The van der Waals surface area contributed by atoms with Crippen molar-refractivity contribution in [3.05, 3.63) is 72.8 Å². The van der Waals surface area contributed by atoms with E-state index < -0.39 is 0 Å². The Bertz CT molecular complexity index is 2570. The molecule has 44 heavy (non-hydrogen) atoms. The number of aromatic nitrogens is 8. The van der Waals surface area contributed by atoms with Crippen LogP contribution in [0.15, 0.2) is 92.4 Å². The SMILES string of the molecule is Sc1ccc2c(c1)-c1nc-2nc2[nH]c(nc3nc(nc4[nH]c(n1)c1cccc(S)c41)-c1cccc(S)c1-3)c1ccc(S)cc21. The lowest BCUT2D eigenvalue weighted by Crippen LogP contribution is -1.84.